The number of amides is 1. The van der Waals surface area contributed by atoms with Crippen LogP contribution in [0.1, 0.15) is 18.1 Å². The molecule has 1 atom stereocenters. The summed E-state index contributed by atoms with van der Waals surface area (Å²) in [7, 11) is 1.72. The van der Waals surface area contributed by atoms with Gasteiger partial charge in [-0.3, -0.25) is 4.79 Å². The third-order valence-electron chi connectivity index (χ3n) is 4.55. The van der Waals surface area contributed by atoms with Crippen LogP contribution in [-0.4, -0.2) is 45.2 Å². The molecule has 1 aliphatic heterocycles. The number of hydrogen-bond donors (Lipinski definition) is 3. The highest BCUT2D eigenvalue weighted by Crippen LogP contribution is 2.04. The molecule has 1 heterocycles. The summed E-state index contributed by atoms with van der Waals surface area (Å²) in [6, 6.07) is 8.71. The monoisotopic (exact) mass is 277 g/mol. The molecule has 0 radical (unpaired) electrons. The lowest BCUT2D eigenvalue weighted by Crippen LogP contribution is -3.29. The van der Waals surface area contributed by atoms with Crippen LogP contribution >= 0.6 is 0 Å². The molecule has 1 aromatic rings. The Morgan fingerprint density at radius 2 is 1.90 bits per heavy atom. The van der Waals surface area contributed by atoms with Gasteiger partial charge in [0.15, 0.2) is 6.04 Å². The van der Waals surface area contributed by atoms with Crippen LogP contribution < -0.4 is 15.1 Å². The molecule has 110 valence electrons. The normalized spacial score (nSPS) is 24.1. The van der Waals surface area contributed by atoms with Gasteiger partial charge in [0.1, 0.15) is 32.7 Å². The van der Waals surface area contributed by atoms with Gasteiger partial charge in [-0.2, -0.15) is 0 Å². The first-order valence-electron chi connectivity index (χ1n) is 7.56. The van der Waals surface area contributed by atoms with Crippen molar-refractivity contribution < 1.29 is 14.6 Å². The van der Waals surface area contributed by atoms with Gasteiger partial charge in [0.05, 0.1) is 0 Å². The summed E-state index contributed by atoms with van der Waals surface area (Å²) in [5.41, 5.74) is 2.83. The Bertz CT molecular complexity index is 453. The van der Waals surface area contributed by atoms with Crippen LogP contribution in [0.5, 0.6) is 0 Å². The van der Waals surface area contributed by atoms with Gasteiger partial charge < -0.3 is 15.1 Å². The van der Waals surface area contributed by atoms with Gasteiger partial charge in [0.2, 0.25) is 0 Å². The summed E-state index contributed by atoms with van der Waals surface area (Å²) in [6.45, 7) is 9.76. The summed E-state index contributed by atoms with van der Waals surface area (Å²) >= 11 is 0. The van der Waals surface area contributed by atoms with Crippen molar-refractivity contribution in [1.29, 1.82) is 0 Å². The van der Waals surface area contributed by atoms with Gasteiger partial charge in [-0.1, -0.05) is 24.3 Å². The zero-order valence-electron chi connectivity index (χ0n) is 12.8. The number of likely N-dealkylation sites (N-methyl/N-ethyl adjacent to an activating group) is 1. The highest BCUT2D eigenvalue weighted by Gasteiger charge is 2.30. The molecule has 1 aliphatic rings. The van der Waals surface area contributed by atoms with Crippen molar-refractivity contribution in [1.82, 2.24) is 5.32 Å². The lowest BCUT2D eigenvalue weighted by atomic mass is 10.1. The van der Waals surface area contributed by atoms with E-state index in [4.69, 9.17) is 0 Å². The number of quaternary nitrogens is 2. The van der Waals surface area contributed by atoms with E-state index in [-0.39, 0.29) is 11.9 Å². The zero-order chi connectivity index (χ0) is 14.5. The average molecular weight is 277 g/mol. The van der Waals surface area contributed by atoms with Crippen molar-refractivity contribution in [3.8, 4) is 0 Å². The Kier molecular flexibility index (Phi) is 5.15. The second-order valence-electron chi connectivity index (χ2n) is 5.85. The summed E-state index contributed by atoms with van der Waals surface area (Å²) in [4.78, 5) is 14.7. The average Bonchev–Trinajstić information content (AvgIpc) is 2.49. The molecule has 0 unspecified atom stereocenters. The summed E-state index contributed by atoms with van der Waals surface area (Å²) in [5, 5.41) is 2.75. The number of nitrogens with one attached hydrogen (secondary N) is 3. The van der Waals surface area contributed by atoms with E-state index in [2.05, 4.69) is 36.5 Å². The molecule has 3 N–H and O–H groups in total. The molecule has 1 aromatic carbocycles. The fraction of sp³-hybridized carbons (Fsp3) is 0.562. The Labute approximate surface area is 121 Å². The van der Waals surface area contributed by atoms with Crippen LogP contribution in [0.25, 0.3) is 0 Å². The second kappa shape index (κ2) is 6.86. The summed E-state index contributed by atoms with van der Waals surface area (Å²) in [5.74, 6) is 0.155. The third kappa shape index (κ3) is 3.58. The van der Waals surface area contributed by atoms with E-state index in [0.717, 1.165) is 32.7 Å². The van der Waals surface area contributed by atoms with Gasteiger partial charge in [0, 0.05) is 12.6 Å². The maximum Gasteiger partial charge on any atom is 0.277 e. The topological polar surface area (TPSA) is 38.0 Å². The maximum atomic E-state index is 11.7. The van der Waals surface area contributed by atoms with Crippen LogP contribution in [0.4, 0.5) is 0 Å². The first kappa shape index (κ1) is 15.0. The number of piperazine rings is 1. The SMILES string of the molecule is CNC(=O)[C@@H](C)[NH+]1CC[NH+](Cc2ccccc2C)CC1. The smallest absolute Gasteiger partial charge is 0.277 e. The minimum atomic E-state index is 0.0695. The highest BCUT2D eigenvalue weighted by atomic mass is 16.2. The molecular weight excluding hydrogens is 250 g/mol. The van der Waals surface area contributed by atoms with Crippen LogP contribution in [0.2, 0.25) is 0 Å². The molecule has 0 saturated carbocycles. The van der Waals surface area contributed by atoms with E-state index in [1.165, 1.54) is 16.0 Å². The quantitative estimate of drug-likeness (QED) is 0.610. The van der Waals surface area contributed by atoms with Crippen LogP contribution in [-0.2, 0) is 11.3 Å². The first-order chi connectivity index (χ1) is 9.61. The van der Waals surface area contributed by atoms with Crippen LogP contribution in [0.3, 0.4) is 0 Å². The first-order valence-corrected chi connectivity index (χ1v) is 7.56. The lowest BCUT2D eigenvalue weighted by Gasteiger charge is -2.32. The molecule has 4 heteroatoms. The Morgan fingerprint density at radius 1 is 1.25 bits per heavy atom. The van der Waals surface area contributed by atoms with Gasteiger partial charge in [-0.15, -0.1) is 0 Å². The van der Waals surface area contributed by atoms with E-state index in [0.29, 0.717) is 0 Å². The number of benzene rings is 1. The third-order valence-corrected chi connectivity index (χ3v) is 4.55. The molecule has 0 aliphatic carbocycles. The Morgan fingerprint density at radius 3 is 2.50 bits per heavy atom. The molecule has 2 rings (SSSR count). The van der Waals surface area contributed by atoms with E-state index in [9.17, 15) is 4.79 Å². The molecule has 0 aromatic heterocycles. The lowest BCUT2D eigenvalue weighted by molar-refractivity contribution is -1.02. The zero-order valence-corrected chi connectivity index (χ0v) is 12.8. The minimum Gasteiger partial charge on any atom is -0.354 e. The number of carbonyl (C=O) groups is 1. The number of rotatable bonds is 4. The van der Waals surface area contributed by atoms with Gasteiger partial charge in [-0.05, 0) is 19.4 Å². The molecule has 1 fully saturated rings. The predicted molar refractivity (Wildman–Crippen MR) is 79.8 cm³/mol. The van der Waals surface area contributed by atoms with Crippen molar-refractivity contribution in [2.75, 3.05) is 33.2 Å². The van der Waals surface area contributed by atoms with Gasteiger partial charge in [-0.25, -0.2) is 0 Å². The van der Waals surface area contributed by atoms with E-state index in [1.807, 2.05) is 6.92 Å². The summed E-state index contributed by atoms with van der Waals surface area (Å²) in [6.07, 6.45) is 0. The molecular formula is C16H27N3O+2. The molecule has 20 heavy (non-hydrogen) atoms. The Balaban J connectivity index is 1.86. The standard InChI is InChI=1S/C16H25N3O/c1-13-6-4-5-7-15(13)12-18-8-10-19(11-9-18)14(2)16(20)17-3/h4-7,14H,8-12H2,1-3H3,(H,17,20)/p+2/t14-/m1/s1. The number of aryl methyl sites for hydroxylation is 1. The maximum absolute atomic E-state index is 11.7. The largest absolute Gasteiger partial charge is 0.354 e. The molecule has 1 saturated heterocycles. The van der Waals surface area contributed by atoms with Gasteiger partial charge >= 0.3 is 0 Å². The predicted octanol–water partition coefficient (Wildman–Crippen LogP) is -1.59. The summed E-state index contributed by atoms with van der Waals surface area (Å²) < 4.78 is 0. The fourth-order valence-electron chi connectivity index (χ4n) is 3.01. The van der Waals surface area contributed by atoms with Crippen molar-refractivity contribution in [3.05, 3.63) is 35.4 Å². The number of hydrogen-bond acceptors (Lipinski definition) is 1. The van der Waals surface area contributed by atoms with Crippen molar-refractivity contribution in [3.63, 3.8) is 0 Å². The fourth-order valence-corrected chi connectivity index (χ4v) is 3.01. The van der Waals surface area contributed by atoms with Gasteiger partial charge in [0.25, 0.3) is 5.91 Å². The molecule has 4 nitrogen and oxygen atoms in total. The van der Waals surface area contributed by atoms with Crippen molar-refractivity contribution in [2.45, 2.75) is 26.4 Å². The van der Waals surface area contributed by atoms with E-state index in [1.54, 1.807) is 11.9 Å². The Hall–Kier alpha value is -1.39. The van der Waals surface area contributed by atoms with E-state index < -0.39 is 0 Å². The van der Waals surface area contributed by atoms with Crippen molar-refractivity contribution in [2.24, 2.45) is 0 Å². The van der Waals surface area contributed by atoms with Crippen LogP contribution in [0, 0.1) is 6.92 Å². The highest BCUT2D eigenvalue weighted by molar-refractivity contribution is 5.79. The molecule has 1 amide bonds. The van der Waals surface area contributed by atoms with Crippen LogP contribution in [0.15, 0.2) is 24.3 Å². The van der Waals surface area contributed by atoms with Crippen molar-refractivity contribution >= 4 is 5.91 Å². The van der Waals surface area contributed by atoms with E-state index >= 15 is 0 Å². The number of carbonyl (C=O) groups excluding carboxylic acids is 1. The molecule has 0 bridgehead atoms. The minimum absolute atomic E-state index is 0.0695. The second-order valence-corrected chi connectivity index (χ2v) is 5.85. The molecule has 0 spiro atoms.